The first-order valence-corrected chi connectivity index (χ1v) is 7.88. The second-order valence-electron chi connectivity index (χ2n) is 5.91. The Bertz CT molecular complexity index is 449. The summed E-state index contributed by atoms with van der Waals surface area (Å²) in [5.41, 5.74) is 0. The van der Waals surface area contributed by atoms with Crippen molar-refractivity contribution in [2.45, 2.75) is 32.4 Å². The third-order valence-electron chi connectivity index (χ3n) is 4.39. The molecular formula is C15H25N5O. The number of anilines is 2. The normalized spacial score (nSPS) is 27.6. The van der Waals surface area contributed by atoms with Crippen molar-refractivity contribution in [3.8, 4) is 0 Å². The molecule has 1 aromatic heterocycles. The van der Waals surface area contributed by atoms with Gasteiger partial charge in [0.25, 0.3) is 0 Å². The van der Waals surface area contributed by atoms with Crippen LogP contribution >= 0.6 is 0 Å². The van der Waals surface area contributed by atoms with Gasteiger partial charge in [-0.15, -0.1) is 0 Å². The molecule has 0 radical (unpaired) electrons. The number of hydrogen-bond donors (Lipinski definition) is 2. The molecule has 2 N–H and O–H groups in total. The van der Waals surface area contributed by atoms with Crippen LogP contribution in [-0.4, -0.2) is 54.2 Å². The van der Waals surface area contributed by atoms with E-state index in [0.717, 1.165) is 36.5 Å². The molecule has 0 spiro atoms. The van der Waals surface area contributed by atoms with Gasteiger partial charge < -0.3 is 20.3 Å². The highest BCUT2D eigenvalue weighted by molar-refractivity contribution is 5.48. The molecule has 6 nitrogen and oxygen atoms in total. The Morgan fingerprint density at radius 3 is 2.67 bits per heavy atom. The van der Waals surface area contributed by atoms with Gasteiger partial charge in [0.2, 0.25) is 0 Å². The molecule has 1 aromatic rings. The van der Waals surface area contributed by atoms with Gasteiger partial charge in [0.1, 0.15) is 18.2 Å². The fraction of sp³-hybridized carbons (Fsp3) is 0.733. The van der Waals surface area contributed by atoms with Gasteiger partial charge in [-0.1, -0.05) is 0 Å². The molecule has 3 saturated heterocycles. The number of hydrogen-bond acceptors (Lipinski definition) is 6. The van der Waals surface area contributed by atoms with E-state index in [2.05, 4.69) is 32.4 Å². The molecule has 3 aliphatic heterocycles. The summed E-state index contributed by atoms with van der Waals surface area (Å²) in [6.07, 6.45) is 2.60. The molecule has 21 heavy (non-hydrogen) atoms. The molecule has 1 atom stereocenters. The summed E-state index contributed by atoms with van der Waals surface area (Å²) in [4.78, 5) is 11.6. The zero-order valence-electron chi connectivity index (χ0n) is 12.9. The molecule has 2 bridgehead atoms. The van der Waals surface area contributed by atoms with Gasteiger partial charge in [0, 0.05) is 32.3 Å². The monoisotopic (exact) mass is 291 g/mol. The van der Waals surface area contributed by atoms with E-state index >= 15 is 0 Å². The minimum atomic E-state index is 0.439. The molecule has 4 heterocycles. The van der Waals surface area contributed by atoms with Crippen molar-refractivity contribution in [1.29, 1.82) is 0 Å². The highest BCUT2D eigenvalue weighted by Crippen LogP contribution is 2.29. The molecule has 3 fully saturated rings. The average Bonchev–Trinajstić information content (AvgIpc) is 2.49. The van der Waals surface area contributed by atoms with E-state index in [1.54, 1.807) is 7.11 Å². The molecule has 1 unspecified atom stereocenters. The molecule has 3 aliphatic rings. The third kappa shape index (κ3) is 3.44. The lowest BCUT2D eigenvalue weighted by molar-refractivity contribution is 0.0973. The number of ether oxygens (including phenoxy) is 1. The SMILES string of the molecule is CCNc1cc(NC2CN3CCC2CC3)nc(COC)n1. The summed E-state index contributed by atoms with van der Waals surface area (Å²) in [6.45, 7) is 6.99. The first-order chi connectivity index (χ1) is 10.3. The van der Waals surface area contributed by atoms with Crippen LogP contribution in [0, 0.1) is 5.92 Å². The number of aromatic nitrogens is 2. The predicted octanol–water partition coefficient (Wildman–Crippen LogP) is 1.56. The summed E-state index contributed by atoms with van der Waals surface area (Å²) in [5.74, 6) is 3.27. The summed E-state index contributed by atoms with van der Waals surface area (Å²) in [7, 11) is 1.67. The van der Waals surface area contributed by atoms with Crippen molar-refractivity contribution < 1.29 is 4.74 Å². The highest BCUT2D eigenvalue weighted by Gasteiger charge is 2.34. The van der Waals surface area contributed by atoms with E-state index in [1.165, 1.54) is 25.9 Å². The minimum Gasteiger partial charge on any atom is -0.377 e. The maximum Gasteiger partial charge on any atom is 0.158 e. The van der Waals surface area contributed by atoms with Crippen LogP contribution in [0.3, 0.4) is 0 Å². The Kier molecular flexibility index (Phi) is 4.55. The lowest BCUT2D eigenvalue weighted by atomic mass is 9.84. The van der Waals surface area contributed by atoms with Crippen LogP contribution in [0.4, 0.5) is 11.6 Å². The zero-order chi connectivity index (χ0) is 14.7. The second kappa shape index (κ2) is 6.58. The van der Waals surface area contributed by atoms with Crippen molar-refractivity contribution in [3.05, 3.63) is 11.9 Å². The zero-order valence-corrected chi connectivity index (χ0v) is 12.9. The van der Waals surface area contributed by atoms with Gasteiger partial charge in [-0.2, -0.15) is 0 Å². The lowest BCUT2D eigenvalue weighted by Gasteiger charge is -2.45. The first kappa shape index (κ1) is 14.5. The molecule has 0 aromatic carbocycles. The number of rotatable bonds is 6. The smallest absolute Gasteiger partial charge is 0.158 e. The van der Waals surface area contributed by atoms with Crippen LogP contribution in [-0.2, 0) is 11.3 Å². The van der Waals surface area contributed by atoms with Gasteiger partial charge in [-0.05, 0) is 38.8 Å². The molecule has 0 aliphatic carbocycles. The van der Waals surface area contributed by atoms with Crippen LogP contribution in [0.2, 0.25) is 0 Å². The topological polar surface area (TPSA) is 62.3 Å². The van der Waals surface area contributed by atoms with Gasteiger partial charge in [0.15, 0.2) is 5.82 Å². The molecule has 0 amide bonds. The van der Waals surface area contributed by atoms with E-state index in [-0.39, 0.29) is 0 Å². The Hall–Kier alpha value is -1.40. The van der Waals surface area contributed by atoms with Crippen molar-refractivity contribution in [2.75, 3.05) is 43.9 Å². The minimum absolute atomic E-state index is 0.439. The van der Waals surface area contributed by atoms with Crippen LogP contribution in [0.15, 0.2) is 6.07 Å². The highest BCUT2D eigenvalue weighted by atomic mass is 16.5. The summed E-state index contributed by atoms with van der Waals surface area (Å²) in [6, 6.07) is 2.51. The largest absolute Gasteiger partial charge is 0.377 e. The standard InChI is InChI=1S/C15H25N5O/c1-3-16-13-8-14(19-15(18-13)10-21-2)17-12-9-20-6-4-11(12)5-7-20/h8,11-12H,3-7,9-10H2,1-2H3,(H2,16,17,18,19). The van der Waals surface area contributed by atoms with E-state index in [0.29, 0.717) is 12.6 Å². The predicted molar refractivity (Wildman–Crippen MR) is 83.5 cm³/mol. The number of nitrogens with zero attached hydrogens (tertiary/aromatic N) is 3. The van der Waals surface area contributed by atoms with Crippen LogP contribution in [0.25, 0.3) is 0 Å². The molecule has 4 rings (SSSR count). The third-order valence-corrected chi connectivity index (χ3v) is 4.39. The molecule has 6 heteroatoms. The number of fused-ring (bicyclic) bond motifs is 3. The maximum atomic E-state index is 5.17. The second-order valence-corrected chi connectivity index (χ2v) is 5.91. The van der Waals surface area contributed by atoms with Crippen LogP contribution < -0.4 is 10.6 Å². The van der Waals surface area contributed by atoms with E-state index in [9.17, 15) is 0 Å². The van der Waals surface area contributed by atoms with Crippen molar-refractivity contribution >= 4 is 11.6 Å². The Morgan fingerprint density at radius 1 is 1.29 bits per heavy atom. The molecule has 0 saturated carbocycles. The van der Waals surface area contributed by atoms with Gasteiger partial charge in [0.05, 0.1) is 0 Å². The fourth-order valence-electron chi connectivity index (χ4n) is 3.35. The number of piperidine rings is 3. The van der Waals surface area contributed by atoms with Crippen LogP contribution in [0.1, 0.15) is 25.6 Å². The maximum absolute atomic E-state index is 5.17. The first-order valence-electron chi connectivity index (χ1n) is 7.88. The molecule has 116 valence electrons. The Balaban J connectivity index is 1.74. The fourth-order valence-corrected chi connectivity index (χ4v) is 3.35. The van der Waals surface area contributed by atoms with Crippen LogP contribution in [0.5, 0.6) is 0 Å². The summed E-state index contributed by atoms with van der Waals surface area (Å²) < 4.78 is 5.17. The van der Waals surface area contributed by atoms with Gasteiger partial charge in [-0.25, -0.2) is 9.97 Å². The Morgan fingerprint density at radius 2 is 2.05 bits per heavy atom. The van der Waals surface area contributed by atoms with Gasteiger partial charge in [-0.3, -0.25) is 0 Å². The summed E-state index contributed by atoms with van der Waals surface area (Å²) in [5, 5.41) is 6.88. The van der Waals surface area contributed by atoms with Crippen molar-refractivity contribution in [3.63, 3.8) is 0 Å². The van der Waals surface area contributed by atoms with E-state index in [1.807, 2.05) is 6.07 Å². The summed E-state index contributed by atoms with van der Waals surface area (Å²) >= 11 is 0. The van der Waals surface area contributed by atoms with Crippen molar-refractivity contribution in [1.82, 2.24) is 14.9 Å². The Labute approximate surface area is 126 Å². The van der Waals surface area contributed by atoms with Crippen molar-refractivity contribution in [2.24, 2.45) is 5.92 Å². The average molecular weight is 291 g/mol. The van der Waals surface area contributed by atoms with E-state index < -0.39 is 0 Å². The lowest BCUT2D eigenvalue weighted by Crippen LogP contribution is -2.53. The quantitative estimate of drug-likeness (QED) is 0.829. The van der Waals surface area contributed by atoms with E-state index in [4.69, 9.17) is 4.74 Å². The molecular weight excluding hydrogens is 266 g/mol. The number of methoxy groups -OCH3 is 1. The number of nitrogens with one attached hydrogen (secondary N) is 2. The van der Waals surface area contributed by atoms with Gasteiger partial charge >= 0.3 is 0 Å².